The third kappa shape index (κ3) is 4.30. The van der Waals surface area contributed by atoms with E-state index in [0.29, 0.717) is 13.0 Å². The van der Waals surface area contributed by atoms with Crippen molar-refractivity contribution >= 4 is 0 Å². The van der Waals surface area contributed by atoms with Crippen LogP contribution >= 0.6 is 0 Å². The maximum Gasteiger partial charge on any atom is 0.119 e. The fourth-order valence-electron chi connectivity index (χ4n) is 2.47. The summed E-state index contributed by atoms with van der Waals surface area (Å²) in [4.78, 5) is 1.69. The van der Waals surface area contributed by atoms with E-state index in [4.69, 9.17) is 4.74 Å². The molecule has 1 aliphatic rings. The molecule has 0 radical (unpaired) electrons. The van der Waals surface area contributed by atoms with Crippen LogP contribution in [0.3, 0.4) is 0 Å². The number of ether oxygens (including phenoxy) is 1. The van der Waals surface area contributed by atoms with Gasteiger partial charge in [-0.3, -0.25) is 4.39 Å². The summed E-state index contributed by atoms with van der Waals surface area (Å²) in [6, 6.07) is 8.26. The number of alkyl halides is 1. The van der Waals surface area contributed by atoms with Crippen LogP contribution < -0.4 is 9.64 Å². The minimum absolute atomic E-state index is 0.309. The molecule has 0 bridgehead atoms. The molecular weight excluding hydrogens is 229 g/mol. The number of hydrogen-bond acceptors (Lipinski definition) is 1. The average Bonchev–Trinajstić information content (AvgIpc) is 2.42. The van der Waals surface area contributed by atoms with Gasteiger partial charge in [-0.2, -0.15) is 0 Å². The van der Waals surface area contributed by atoms with Crippen molar-refractivity contribution in [3.8, 4) is 5.75 Å². The van der Waals surface area contributed by atoms with Crippen LogP contribution in [0.25, 0.3) is 0 Å². The molecule has 1 heterocycles. The van der Waals surface area contributed by atoms with Gasteiger partial charge in [-0.1, -0.05) is 0 Å². The highest BCUT2D eigenvalue weighted by Crippen LogP contribution is 2.12. The lowest BCUT2D eigenvalue weighted by Gasteiger charge is -2.23. The zero-order chi connectivity index (χ0) is 12.6. The van der Waals surface area contributed by atoms with Crippen molar-refractivity contribution in [2.75, 3.05) is 26.4 Å². The van der Waals surface area contributed by atoms with Gasteiger partial charge in [-0.15, -0.1) is 0 Å². The first kappa shape index (κ1) is 13.3. The van der Waals surface area contributed by atoms with Gasteiger partial charge in [-0.25, -0.2) is 0 Å². The summed E-state index contributed by atoms with van der Waals surface area (Å²) >= 11 is 0. The Morgan fingerprint density at radius 1 is 1.06 bits per heavy atom. The lowest BCUT2D eigenvalue weighted by molar-refractivity contribution is -0.918. The SMILES string of the molecule is FCCCOc1ccc(C[NH+]2CCCCC2)cc1. The molecule has 0 amide bonds. The number of likely N-dealkylation sites (tertiary alicyclic amines) is 1. The molecule has 1 aromatic carbocycles. The summed E-state index contributed by atoms with van der Waals surface area (Å²) in [5.41, 5.74) is 1.37. The number of rotatable bonds is 6. The summed E-state index contributed by atoms with van der Waals surface area (Å²) in [6.07, 6.45) is 4.59. The Morgan fingerprint density at radius 3 is 2.44 bits per heavy atom. The lowest BCUT2D eigenvalue weighted by Crippen LogP contribution is -3.11. The number of hydrogen-bond donors (Lipinski definition) is 1. The first-order valence-corrected chi connectivity index (χ1v) is 7.00. The number of piperidine rings is 1. The minimum Gasteiger partial charge on any atom is -0.494 e. The summed E-state index contributed by atoms with van der Waals surface area (Å²) in [5, 5.41) is 0. The van der Waals surface area contributed by atoms with Crippen molar-refractivity contribution in [1.29, 1.82) is 0 Å². The van der Waals surface area contributed by atoms with Gasteiger partial charge in [0.1, 0.15) is 12.3 Å². The summed E-state index contributed by atoms with van der Waals surface area (Å²) < 4.78 is 17.4. The van der Waals surface area contributed by atoms with Crippen LogP contribution in [0.1, 0.15) is 31.2 Å². The lowest BCUT2D eigenvalue weighted by atomic mass is 10.1. The van der Waals surface area contributed by atoms with Gasteiger partial charge in [0.15, 0.2) is 0 Å². The van der Waals surface area contributed by atoms with Crippen molar-refractivity contribution in [3.63, 3.8) is 0 Å². The summed E-state index contributed by atoms with van der Waals surface area (Å²) in [5.74, 6) is 0.848. The number of halogens is 1. The second-order valence-electron chi connectivity index (χ2n) is 5.02. The van der Waals surface area contributed by atoms with Crippen molar-refractivity contribution in [2.45, 2.75) is 32.2 Å². The monoisotopic (exact) mass is 252 g/mol. The van der Waals surface area contributed by atoms with E-state index in [9.17, 15) is 4.39 Å². The third-order valence-corrected chi connectivity index (χ3v) is 3.48. The standard InChI is InChI=1S/C15H22FNO/c16-9-4-12-18-15-7-5-14(6-8-15)13-17-10-2-1-3-11-17/h5-8H,1-4,9-13H2/p+1. The first-order valence-electron chi connectivity index (χ1n) is 7.00. The van der Waals surface area contributed by atoms with Crippen molar-refractivity contribution in [1.82, 2.24) is 0 Å². The van der Waals surface area contributed by atoms with E-state index in [0.717, 1.165) is 12.3 Å². The van der Waals surface area contributed by atoms with Crippen molar-refractivity contribution in [3.05, 3.63) is 29.8 Å². The largest absolute Gasteiger partial charge is 0.494 e. The maximum absolute atomic E-state index is 11.9. The molecule has 0 atom stereocenters. The molecule has 100 valence electrons. The van der Waals surface area contributed by atoms with Gasteiger partial charge in [0, 0.05) is 12.0 Å². The molecule has 18 heavy (non-hydrogen) atoms. The highest BCUT2D eigenvalue weighted by molar-refractivity contribution is 5.26. The van der Waals surface area contributed by atoms with E-state index < -0.39 is 0 Å². The van der Waals surface area contributed by atoms with Gasteiger partial charge >= 0.3 is 0 Å². The van der Waals surface area contributed by atoms with E-state index in [1.165, 1.54) is 37.9 Å². The second-order valence-corrected chi connectivity index (χ2v) is 5.02. The molecule has 0 aromatic heterocycles. The smallest absolute Gasteiger partial charge is 0.119 e. The van der Waals surface area contributed by atoms with Gasteiger partial charge < -0.3 is 9.64 Å². The Morgan fingerprint density at radius 2 is 1.78 bits per heavy atom. The molecule has 0 saturated carbocycles. The average molecular weight is 252 g/mol. The fraction of sp³-hybridized carbons (Fsp3) is 0.600. The molecule has 1 fully saturated rings. The van der Waals surface area contributed by atoms with Crippen LogP contribution in [0.2, 0.25) is 0 Å². The molecule has 1 saturated heterocycles. The van der Waals surface area contributed by atoms with Crippen LogP contribution in [0, 0.1) is 0 Å². The van der Waals surface area contributed by atoms with Crippen molar-refractivity contribution < 1.29 is 14.0 Å². The van der Waals surface area contributed by atoms with E-state index >= 15 is 0 Å². The molecule has 2 nitrogen and oxygen atoms in total. The molecule has 1 N–H and O–H groups in total. The Labute approximate surface area is 109 Å². The highest BCUT2D eigenvalue weighted by Gasteiger charge is 2.13. The molecule has 1 aromatic rings. The summed E-state index contributed by atoms with van der Waals surface area (Å²) in [7, 11) is 0. The van der Waals surface area contributed by atoms with Gasteiger partial charge in [0.2, 0.25) is 0 Å². The minimum atomic E-state index is -0.309. The Kier molecular flexibility index (Phi) is 5.46. The van der Waals surface area contributed by atoms with Gasteiger partial charge in [0.25, 0.3) is 0 Å². The van der Waals surface area contributed by atoms with Gasteiger partial charge in [-0.05, 0) is 43.5 Å². The normalized spacial score (nSPS) is 16.7. The van der Waals surface area contributed by atoms with E-state index in [1.807, 2.05) is 12.1 Å². The predicted molar refractivity (Wildman–Crippen MR) is 70.8 cm³/mol. The predicted octanol–water partition coefficient (Wildman–Crippen LogP) is 1.99. The second kappa shape index (κ2) is 7.37. The van der Waals surface area contributed by atoms with Crippen LogP contribution in [-0.2, 0) is 6.54 Å². The molecule has 1 aliphatic heterocycles. The van der Waals surface area contributed by atoms with Crippen LogP contribution in [0.4, 0.5) is 4.39 Å². The number of quaternary nitrogens is 1. The Bertz CT molecular complexity index is 333. The number of benzene rings is 1. The first-order chi connectivity index (χ1) is 8.88. The topological polar surface area (TPSA) is 13.7 Å². The van der Waals surface area contributed by atoms with Crippen LogP contribution in [-0.4, -0.2) is 26.4 Å². The maximum atomic E-state index is 11.9. The van der Waals surface area contributed by atoms with Crippen molar-refractivity contribution in [2.24, 2.45) is 0 Å². The summed E-state index contributed by atoms with van der Waals surface area (Å²) in [6.45, 7) is 3.87. The molecule has 0 spiro atoms. The van der Waals surface area contributed by atoms with E-state index in [1.54, 1.807) is 4.90 Å². The molecular formula is C15H23FNO+. The number of nitrogens with one attached hydrogen (secondary N) is 1. The zero-order valence-corrected chi connectivity index (χ0v) is 11.0. The van der Waals surface area contributed by atoms with Crippen LogP contribution in [0.5, 0.6) is 5.75 Å². The van der Waals surface area contributed by atoms with E-state index in [2.05, 4.69) is 12.1 Å². The molecule has 0 aliphatic carbocycles. The van der Waals surface area contributed by atoms with Gasteiger partial charge in [0.05, 0.1) is 26.4 Å². The Hall–Kier alpha value is -1.09. The quantitative estimate of drug-likeness (QED) is 0.765. The molecule has 2 rings (SSSR count). The Balaban J connectivity index is 1.79. The molecule has 3 heteroatoms. The third-order valence-electron chi connectivity index (χ3n) is 3.48. The molecule has 0 unspecified atom stereocenters. The highest BCUT2D eigenvalue weighted by atomic mass is 19.1. The zero-order valence-electron chi connectivity index (χ0n) is 11.0. The van der Waals surface area contributed by atoms with Crippen LogP contribution in [0.15, 0.2) is 24.3 Å². The van der Waals surface area contributed by atoms with E-state index in [-0.39, 0.29) is 6.67 Å². The fourth-order valence-corrected chi connectivity index (χ4v) is 2.47.